The van der Waals surface area contributed by atoms with Gasteiger partial charge in [0.25, 0.3) is 5.91 Å². The van der Waals surface area contributed by atoms with Gasteiger partial charge in [0.15, 0.2) is 5.76 Å². The van der Waals surface area contributed by atoms with Crippen molar-refractivity contribution in [3.05, 3.63) is 23.7 Å². The van der Waals surface area contributed by atoms with E-state index in [2.05, 4.69) is 10.6 Å². The second kappa shape index (κ2) is 7.03. The molecule has 0 radical (unpaired) electrons. The molecular formula is C11H18N2O3. The summed E-state index contributed by atoms with van der Waals surface area (Å²) < 4.78 is 10.2. The van der Waals surface area contributed by atoms with Crippen LogP contribution >= 0.6 is 0 Å². The van der Waals surface area contributed by atoms with E-state index in [-0.39, 0.29) is 5.91 Å². The molecule has 5 nitrogen and oxygen atoms in total. The Bertz CT molecular complexity index is 323. The minimum absolute atomic E-state index is 0.182. The molecule has 1 rings (SSSR count). The normalized spacial score (nSPS) is 10.4. The van der Waals surface area contributed by atoms with E-state index in [4.69, 9.17) is 9.15 Å². The van der Waals surface area contributed by atoms with Crippen LogP contribution in [0.4, 0.5) is 0 Å². The second-order valence-electron chi connectivity index (χ2n) is 3.41. The van der Waals surface area contributed by atoms with Gasteiger partial charge >= 0.3 is 0 Å². The van der Waals surface area contributed by atoms with Crippen LogP contribution in [-0.2, 0) is 11.3 Å². The van der Waals surface area contributed by atoms with E-state index in [0.717, 1.165) is 13.0 Å². The van der Waals surface area contributed by atoms with E-state index >= 15 is 0 Å². The van der Waals surface area contributed by atoms with E-state index in [9.17, 15) is 4.79 Å². The first kappa shape index (κ1) is 12.7. The summed E-state index contributed by atoms with van der Waals surface area (Å²) in [5.41, 5.74) is 0. The Labute approximate surface area is 95.2 Å². The Morgan fingerprint density at radius 1 is 1.44 bits per heavy atom. The molecule has 0 aliphatic rings. The zero-order valence-electron chi connectivity index (χ0n) is 9.71. The SMILES string of the molecule is CNCCCNC(=O)c1ccc(COC)o1. The predicted molar refractivity (Wildman–Crippen MR) is 60.3 cm³/mol. The molecule has 1 aromatic heterocycles. The lowest BCUT2D eigenvalue weighted by atomic mass is 10.3. The first-order valence-corrected chi connectivity index (χ1v) is 5.28. The number of nitrogens with one attached hydrogen (secondary N) is 2. The molecule has 1 aromatic rings. The maximum atomic E-state index is 11.6. The average molecular weight is 226 g/mol. The van der Waals surface area contributed by atoms with Crippen molar-refractivity contribution >= 4 is 5.91 Å². The number of hydrogen-bond donors (Lipinski definition) is 2. The monoisotopic (exact) mass is 226 g/mol. The summed E-state index contributed by atoms with van der Waals surface area (Å²) in [5, 5.41) is 5.79. The highest BCUT2D eigenvalue weighted by Gasteiger charge is 2.09. The van der Waals surface area contributed by atoms with Crippen LogP contribution in [0.2, 0.25) is 0 Å². The van der Waals surface area contributed by atoms with Gasteiger partial charge in [0.2, 0.25) is 0 Å². The van der Waals surface area contributed by atoms with Crippen LogP contribution in [0.15, 0.2) is 16.5 Å². The number of carbonyl (C=O) groups is 1. The molecule has 5 heteroatoms. The summed E-state index contributed by atoms with van der Waals surface area (Å²) in [6.07, 6.45) is 0.897. The molecule has 0 unspecified atom stereocenters. The molecule has 0 saturated heterocycles. The summed E-state index contributed by atoms with van der Waals surface area (Å²) in [5.74, 6) is 0.804. The molecular weight excluding hydrogens is 208 g/mol. The lowest BCUT2D eigenvalue weighted by Crippen LogP contribution is -2.26. The maximum Gasteiger partial charge on any atom is 0.286 e. The van der Waals surface area contributed by atoms with Crippen molar-refractivity contribution in [1.82, 2.24) is 10.6 Å². The lowest BCUT2D eigenvalue weighted by molar-refractivity contribution is 0.0917. The van der Waals surface area contributed by atoms with Crippen LogP contribution in [0.1, 0.15) is 22.7 Å². The molecule has 0 spiro atoms. The van der Waals surface area contributed by atoms with Crippen molar-refractivity contribution in [2.24, 2.45) is 0 Å². The van der Waals surface area contributed by atoms with Crippen molar-refractivity contribution in [1.29, 1.82) is 0 Å². The van der Waals surface area contributed by atoms with Gasteiger partial charge in [-0.2, -0.15) is 0 Å². The molecule has 0 aliphatic heterocycles. The number of rotatable bonds is 7. The van der Waals surface area contributed by atoms with E-state index < -0.39 is 0 Å². The van der Waals surface area contributed by atoms with E-state index in [1.54, 1.807) is 19.2 Å². The molecule has 16 heavy (non-hydrogen) atoms. The van der Waals surface area contributed by atoms with Crippen molar-refractivity contribution in [3.63, 3.8) is 0 Å². The van der Waals surface area contributed by atoms with Gasteiger partial charge in [-0.25, -0.2) is 0 Å². The molecule has 0 aliphatic carbocycles. The van der Waals surface area contributed by atoms with Gasteiger partial charge in [0.1, 0.15) is 12.4 Å². The molecule has 0 saturated carbocycles. The van der Waals surface area contributed by atoms with Crippen LogP contribution in [0.25, 0.3) is 0 Å². The number of amides is 1. The molecule has 0 aromatic carbocycles. The Morgan fingerprint density at radius 3 is 2.94 bits per heavy atom. The third-order valence-corrected chi connectivity index (χ3v) is 2.06. The third-order valence-electron chi connectivity index (χ3n) is 2.06. The molecule has 1 heterocycles. The van der Waals surface area contributed by atoms with Gasteiger partial charge in [0, 0.05) is 13.7 Å². The zero-order valence-corrected chi connectivity index (χ0v) is 9.71. The first-order chi connectivity index (χ1) is 7.77. The summed E-state index contributed by atoms with van der Waals surface area (Å²) in [7, 11) is 3.46. The largest absolute Gasteiger partial charge is 0.453 e. The highest BCUT2D eigenvalue weighted by Crippen LogP contribution is 2.08. The number of hydrogen-bond acceptors (Lipinski definition) is 4. The lowest BCUT2D eigenvalue weighted by Gasteiger charge is -2.02. The zero-order chi connectivity index (χ0) is 11.8. The number of furan rings is 1. The van der Waals surface area contributed by atoms with Crippen molar-refractivity contribution in [2.45, 2.75) is 13.0 Å². The molecule has 0 fully saturated rings. The minimum Gasteiger partial charge on any atom is -0.453 e. The average Bonchev–Trinajstić information content (AvgIpc) is 2.73. The van der Waals surface area contributed by atoms with Gasteiger partial charge in [-0.05, 0) is 32.1 Å². The van der Waals surface area contributed by atoms with Crippen LogP contribution in [-0.4, -0.2) is 33.2 Å². The van der Waals surface area contributed by atoms with Crippen molar-refractivity contribution in [3.8, 4) is 0 Å². The number of methoxy groups -OCH3 is 1. The third kappa shape index (κ3) is 4.04. The standard InChI is InChI=1S/C11H18N2O3/c1-12-6-3-7-13-11(14)10-5-4-9(16-10)8-15-2/h4-5,12H,3,6-8H2,1-2H3,(H,13,14). The van der Waals surface area contributed by atoms with Gasteiger partial charge < -0.3 is 19.8 Å². The van der Waals surface area contributed by atoms with Gasteiger partial charge in [-0.3, -0.25) is 4.79 Å². The molecule has 2 N–H and O–H groups in total. The Morgan fingerprint density at radius 2 is 2.25 bits per heavy atom. The van der Waals surface area contributed by atoms with Gasteiger partial charge in [0.05, 0.1) is 0 Å². The predicted octanol–water partition coefficient (Wildman–Crippen LogP) is 0.765. The highest BCUT2D eigenvalue weighted by molar-refractivity contribution is 5.91. The van der Waals surface area contributed by atoms with Gasteiger partial charge in [-0.15, -0.1) is 0 Å². The first-order valence-electron chi connectivity index (χ1n) is 5.28. The summed E-state index contributed by atoms with van der Waals surface area (Å²) in [6.45, 7) is 1.90. The minimum atomic E-state index is -0.182. The molecule has 90 valence electrons. The molecule has 1 amide bonds. The molecule has 0 atom stereocenters. The van der Waals surface area contributed by atoms with Crippen LogP contribution in [0, 0.1) is 0 Å². The van der Waals surface area contributed by atoms with E-state index in [1.807, 2.05) is 7.05 Å². The Kier molecular flexibility index (Phi) is 5.60. The molecule has 0 bridgehead atoms. The Hall–Kier alpha value is -1.33. The fourth-order valence-electron chi connectivity index (χ4n) is 1.27. The smallest absolute Gasteiger partial charge is 0.286 e. The van der Waals surface area contributed by atoms with Crippen molar-refractivity contribution in [2.75, 3.05) is 27.2 Å². The quantitative estimate of drug-likeness (QED) is 0.674. The maximum absolute atomic E-state index is 11.6. The summed E-state index contributed by atoms with van der Waals surface area (Å²) in [4.78, 5) is 11.6. The number of ether oxygens (including phenoxy) is 1. The van der Waals surface area contributed by atoms with E-state index in [1.165, 1.54) is 0 Å². The second-order valence-corrected chi connectivity index (χ2v) is 3.41. The Balaban J connectivity index is 2.34. The fraction of sp³-hybridized carbons (Fsp3) is 0.545. The topological polar surface area (TPSA) is 63.5 Å². The summed E-state index contributed by atoms with van der Waals surface area (Å²) in [6, 6.07) is 3.40. The highest BCUT2D eigenvalue weighted by atomic mass is 16.5. The van der Waals surface area contributed by atoms with Crippen LogP contribution in [0.3, 0.4) is 0 Å². The van der Waals surface area contributed by atoms with Gasteiger partial charge in [-0.1, -0.05) is 0 Å². The van der Waals surface area contributed by atoms with Crippen LogP contribution < -0.4 is 10.6 Å². The number of carbonyl (C=O) groups excluding carboxylic acids is 1. The van der Waals surface area contributed by atoms with Crippen LogP contribution in [0.5, 0.6) is 0 Å². The van der Waals surface area contributed by atoms with E-state index in [0.29, 0.717) is 24.7 Å². The summed E-state index contributed by atoms with van der Waals surface area (Å²) >= 11 is 0. The van der Waals surface area contributed by atoms with Crippen molar-refractivity contribution < 1.29 is 13.9 Å². The fourth-order valence-corrected chi connectivity index (χ4v) is 1.27.